The van der Waals surface area contributed by atoms with E-state index >= 15 is 0 Å². The summed E-state index contributed by atoms with van der Waals surface area (Å²) >= 11 is 1.27. The van der Waals surface area contributed by atoms with Crippen LogP contribution in [0, 0.1) is 20.2 Å². The number of amides is 1. The Morgan fingerprint density at radius 2 is 1.87 bits per heavy atom. The highest BCUT2D eigenvalue weighted by Gasteiger charge is 2.29. The molecule has 0 unspecified atom stereocenters. The van der Waals surface area contributed by atoms with Gasteiger partial charge in [0.25, 0.3) is 17.3 Å². The fraction of sp³-hybridized carbons (Fsp3) is 0.400. The molecule has 0 saturated heterocycles. The molecule has 0 radical (unpaired) electrons. The average molecular weight is 447 g/mol. The zero-order valence-electron chi connectivity index (χ0n) is 16.8. The van der Waals surface area contributed by atoms with Gasteiger partial charge >= 0.3 is 5.97 Å². The molecule has 0 atom stereocenters. The maximum absolute atomic E-state index is 12.9. The third-order valence-electron chi connectivity index (χ3n) is 4.92. The second kappa shape index (κ2) is 9.65. The van der Waals surface area contributed by atoms with Crippen molar-refractivity contribution in [3.8, 4) is 0 Å². The number of nitro benzene ring substituents is 2. The topological polar surface area (TPSA) is 142 Å². The van der Waals surface area contributed by atoms with E-state index in [-0.39, 0.29) is 17.2 Å². The summed E-state index contributed by atoms with van der Waals surface area (Å²) in [4.78, 5) is 47.3. The van der Waals surface area contributed by atoms with Gasteiger partial charge in [-0.25, -0.2) is 4.79 Å². The Kier molecular flexibility index (Phi) is 6.95. The van der Waals surface area contributed by atoms with Crippen molar-refractivity contribution < 1.29 is 24.2 Å². The molecular formula is C20H21N3O7S. The second-order valence-electron chi connectivity index (χ2n) is 7.07. The van der Waals surface area contributed by atoms with Gasteiger partial charge in [-0.2, -0.15) is 0 Å². The Morgan fingerprint density at radius 1 is 1.13 bits per heavy atom. The summed E-state index contributed by atoms with van der Waals surface area (Å²) in [5, 5.41) is 25.2. The van der Waals surface area contributed by atoms with E-state index in [0.29, 0.717) is 18.4 Å². The van der Waals surface area contributed by atoms with Crippen LogP contribution in [0.4, 0.5) is 16.4 Å². The SMILES string of the molecule is CCCOC(=O)c1c(NC(=O)c2ccc([N+](=O)[O-])cc2[N+](=O)[O-])sc2c1CCCCC2. The minimum Gasteiger partial charge on any atom is -0.462 e. The Bertz CT molecular complexity index is 1050. The molecule has 0 aliphatic heterocycles. The number of nitro groups is 2. The number of non-ortho nitro benzene ring substituents is 1. The van der Waals surface area contributed by atoms with E-state index in [1.807, 2.05) is 6.92 Å². The molecule has 0 saturated carbocycles. The number of anilines is 1. The van der Waals surface area contributed by atoms with Crippen molar-refractivity contribution in [3.63, 3.8) is 0 Å². The highest BCUT2D eigenvalue weighted by atomic mass is 32.1. The van der Waals surface area contributed by atoms with Gasteiger partial charge in [0.2, 0.25) is 0 Å². The lowest BCUT2D eigenvalue weighted by Crippen LogP contribution is -2.17. The van der Waals surface area contributed by atoms with Crippen molar-refractivity contribution in [1.29, 1.82) is 0 Å². The van der Waals surface area contributed by atoms with Crippen molar-refractivity contribution in [1.82, 2.24) is 0 Å². The van der Waals surface area contributed by atoms with Gasteiger partial charge in [-0.05, 0) is 43.7 Å². The van der Waals surface area contributed by atoms with E-state index < -0.39 is 33.1 Å². The standard InChI is InChI=1S/C20H21N3O7S/c1-2-10-30-20(25)17-14-6-4-3-5-7-16(14)31-19(17)21-18(24)13-9-8-12(22(26)27)11-15(13)23(28)29/h8-9,11H,2-7,10H2,1H3,(H,21,24). The molecule has 164 valence electrons. The lowest BCUT2D eigenvalue weighted by atomic mass is 10.1. The van der Waals surface area contributed by atoms with Crippen LogP contribution in [0.25, 0.3) is 0 Å². The summed E-state index contributed by atoms with van der Waals surface area (Å²) in [7, 11) is 0. The van der Waals surface area contributed by atoms with Crippen LogP contribution < -0.4 is 5.32 Å². The van der Waals surface area contributed by atoms with Crippen molar-refractivity contribution in [2.45, 2.75) is 45.4 Å². The van der Waals surface area contributed by atoms with Crippen LogP contribution in [0.1, 0.15) is 63.8 Å². The fourth-order valence-corrected chi connectivity index (χ4v) is 4.73. The monoisotopic (exact) mass is 447 g/mol. The minimum atomic E-state index is -0.845. The predicted molar refractivity (Wildman–Crippen MR) is 114 cm³/mol. The number of ether oxygens (including phenoxy) is 1. The minimum absolute atomic E-state index is 0.241. The highest BCUT2D eigenvalue weighted by Crippen LogP contribution is 2.38. The third kappa shape index (κ3) is 4.88. The molecule has 1 N–H and O–H groups in total. The number of hydrogen-bond donors (Lipinski definition) is 1. The van der Waals surface area contributed by atoms with E-state index in [1.165, 1.54) is 11.3 Å². The van der Waals surface area contributed by atoms with Gasteiger partial charge < -0.3 is 10.1 Å². The molecule has 3 rings (SSSR count). The van der Waals surface area contributed by atoms with Gasteiger partial charge in [-0.1, -0.05) is 13.3 Å². The van der Waals surface area contributed by atoms with Crippen LogP contribution in [-0.2, 0) is 17.6 Å². The summed E-state index contributed by atoms with van der Waals surface area (Å²) < 4.78 is 5.31. The maximum atomic E-state index is 12.9. The van der Waals surface area contributed by atoms with Crippen molar-refractivity contribution in [2.24, 2.45) is 0 Å². The van der Waals surface area contributed by atoms with E-state index in [2.05, 4.69) is 5.32 Å². The number of rotatable bonds is 7. The summed E-state index contributed by atoms with van der Waals surface area (Å²) in [6.07, 6.45) is 5.05. The Labute approximate surface area is 181 Å². The van der Waals surface area contributed by atoms with Gasteiger partial charge in [-0.15, -0.1) is 11.3 Å². The summed E-state index contributed by atoms with van der Waals surface area (Å²) in [6, 6.07) is 2.82. The van der Waals surface area contributed by atoms with E-state index in [1.54, 1.807) is 0 Å². The zero-order valence-corrected chi connectivity index (χ0v) is 17.7. The Hall–Kier alpha value is -3.34. The molecule has 0 bridgehead atoms. The molecular weight excluding hydrogens is 426 g/mol. The second-order valence-corrected chi connectivity index (χ2v) is 8.18. The molecule has 31 heavy (non-hydrogen) atoms. The molecule has 2 aromatic rings. The molecule has 1 aliphatic carbocycles. The first kappa shape index (κ1) is 22.3. The molecule has 0 fully saturated rings. The van der Waals surface area contributed by atoms with Crippen LogP contribution in [0.3, 0.4) is 0 Å². The molecule has 1 aromatic carbocycles. The highest BCUT2D eigenvalue weighted by molar-refractivity contribution is 7.17. The van der Waals surface area contributed by atoms with Crippen molar-refractivity contribution >= 4 is 39.6 Å². The molecule has 10 nitrogen and oxygen atoms in total. The lowest BCUT2D eigenvalue weighted by Gasteiger charge is -2.09. The largest absolute Gasteiger partial charge is 0.462 e. The number of aryl methyl sites for hydroxylation is 1. The molecule has 1 heterocycles. The number of thiophene rings is 1. The summed E-state index contributed by atoms with van der Waals surface area (Å²) in [5.41, 5.74) is -0.340. The van der Waals surface area contributed by atoms with Crippen LogP contribution in [0.15, 0.2) is 18.2 Å². The number of nitrogens with zero attached hydrogens (tertiary/aromatic N) is 2. The van der Waals surface area contributed by atoms with E-state index in [4.69, 9.17) is 4.74 Å². The van der Waals surface area contributed by atoms with Gasteiger partial charge in [0.1, 0.15) is 10.6 Å². The zero-order chi connectivity index (χ0) is 22.5. The molecule has 0 spiro atoms. The van der Waals surface area contributed by atoms with E-state index in [9.17, 15) is 29.8 Å². The van der Waals surface area contributed by atoms with Gasteiger partial charge in [-0.3, -0.25) is 25.0 Å². The number of hydrogen-bond acceptors (Lipinski definition) is 8. The van der Waals surface area contributed by atoms with Gasteiger partial charge in [0.05, 0.1) is 28.1 Å². The number of carbonyl (C=O) groups is 2. The third-order valence-corrected chi connectivity index (χ3v) is 6.13. The number of carbonyl (C=O) groups excluding carboxylic acids is 2. The summed E-state index contributed by atoms with van der Waals surface area (Å²) in [5.74, 6) is -1.35. The van der Waals surface area contributed by atoms with Crippen LogP contribution in [-0.4, -0.2) is 28.3 Å². The summed E-state index contributed by atoms with van der Waals surface area (Å²) in [6.45, 7) is 2.11. The lowest BCUT2D eigenvalue weighted by molar-refractivity contribution is -0.394. The number of benzene rings is 1. The first-order chi connectivity index (χ1) is 14.8. The molecule has 11 heteroatoms. The van der Waals surface area contributed by atoms with E-state index in [0.717, 1.165) is 54.3 Å². The molecule has 1 aliphatic rings. The quantitative estimate of drug-likeness (QED) is 0.282. The fourth-order valence-electron chi connectivity index (χ4n) is 3.46. The van der Waals surface area contributed by atoms with Crippen molar-refractivity contribution in [3.05, 3.63) is 60.0 Å². The molecule has 1 amide bonds. The number of fused-ring (bicyclic) bond motifs is 1. The first-order valence-corrected chi connectivity index (χ1v) is 10.7. The number of esters is 1. The predicted octanol–water partition coefficient (Wildman–Crippen LogP) is 4.65. The smallest absolute Gasteiger partial charge is 0.341 e. The Morgan fingerprint density at radius 3 is 2.55 bits per heavy atom. The Balaban J connectivity index is 1.98. The average Bonchev–Trinajstić information content (AvgIpc) is 2.91. The van der Waals surface area contributed by atoms with Gasteiger partial charge in [0.15, 0.2) is 0 Å². The van der Waals surface area contributed by atoms with Crippen LogP contribution >= 0.6 is 11.3 Å². The van der Waals surface area contributed by atoms with Crippen molar-refractivity contribution in [2.75, 3.05) is 11.9 Å². The van der Waals surface area contributed by atoms with Crippen LogP contribution in [0.5, 0.6) is 0 Å². The first-order valence-electron chi connectivity index (χ1n) is 9.89. The normalized spacial score (nSPS) is 13.1. The van der Waals surface area contributed by atoms with Crippen LogP contribution in [0.2, 0.25) is 0 Å². The molecule has 1 aromatic heterocycles. The van der Waals surface area contributed by atoms with Gasteiger partial charge in [0, 0.05) is 10.9 Å². The number of nitrogens with one attached hydrogen (secondary N) is 1. The maximum Gasteiger partial charge on any atom is 0.341 e.